The summed E-state index contributed by atoms with van der Waals surface area (Å²) in [5.74, 6) is 1.86. The summed E-state index contributed by atoms with van der Waals surface area (Å²) in [5.41, 5.74) is 1.90. The van der Waals surface area contributed by atoms with Gasteiger partial charge in [-0.3, -0.25) is 0 Å². The molecule has 1 N–H and O–H groups in total. The van der Waals surface area contributed by atoms with E-state index in [1.54, 1.807) is 7.11 Å². The van der Waals surface area contributed by atoms with Crippen LogP contribution in [0.1, 0.15) is 24.8 Å². The monoisotopic (exact) mass is 217 g/mol. The van der Waals surface area contributed by atoms with Crippen LogP contribution in [-0.4, -0.2) is 20.2 Å². The zero-order valence-corrected chi connectivity index (χ0v) is 9.83. The molecule has 1 aliphatic heterocycles. The first-order valence-corrected chi connectivity index (χ1v) is 6.18. The minimum absolute atomic E-state index is 0.412. The molecule has 2 nitrogen and oxygen atoms in total. The van der Waals surface area contributed by atoms with E-state index in [1.807, 2.05) is 0 Å². The van der Waals surface area contributed by atoms with E-state index in [0.29, 0.717) is 5.41 Å². The van der Waals surface area contributed by atoms with Crippen LogP contribution in [0.25, 0.3) is 0 Å². The highest BCUT2D eigenvalue weighted by atomic mass is 16.5. The highest BCUT2D eigenvalue weighted by Crippen LogP contribution is 2.46. The van der Waals surface area contributed by atoms with Crippen LogP contribution in [-0.2, 0) is 5.41 Å². The average Bonchev–Trinajstić information content (AvgIpc) is 2.66. The van der Waals surface area contributed by atoms with Gasteiger partial charge in [0.15, 0.2) is 0 Å². The van der Waals surface area contributed by atoms with Crippen molar-refractivity contribution in [3.8, 4) is 5.75 Å². The van der Waals surface area contributed by atoms with Crippen molar-refractivity contribution in [3.05, 3.63) is 29.8 Å². The molecule has 0 aromatic heterocycles. The van der Waals surface area contributed by atoms with Gasteiger partial charge < -0.3 is 10.1 Å². The van der Waals surface area contributed by atoms with Gasteiger partial charge in [-0.25, -0.2) is 0 Å². The van der Waals surface area contributed by atoms with Crippen molar-refractivity contribution in [3.63, 3.8) is 0 Å². The van der Waals surface area contributed by atoms with Crippen LogP contribution in [0.3, 0.4) is 0 Å². The third kappa shape index (κ3) is 1.52. The fourth-order valence-electron chi connectivity index (χ4n) is 3.40. The summed E-state index contributed by atoms with van der Waals surface area (Å²) >= 11 is 0. The summed E-state index contributed by atoms with van der Waals surface area (Å²) in [7, 11) is 1.72. The largest absolute Gasteiger partial charge is 0.497 e. The van der Waals surface area contributed by atoms with Gasteiger partial charge in [-0.15, -0.1) is 0 Å². The van der Waals surface area contributed by atoms with Gasteiger partial charge in [-0.2, -0.15) is 0 Å². The molecule has 1 aromatic carbocycles. The van der Waals surface area contributed by atoms with Crippen LogP contribution in [0, 0.1) is 5.92 Å². The molecule has 2 heteroatoms. The molecule has 1 aromatic rings. The van der Waals surface area contributed by atoms with Crippen molar-refractivity contribution in [1.29, 1.82) is 0 Å². The van der Waals surface area contributed by atoms with Crippen LogP contribution in [0.4, 0.5) is 0 Å². The van der Waals surface area contributed by atoms with Crippen molar-refractivity contribution >= 4 is 0 Å². The number of nitrogens with one attached hydrogen (secondary N) is 1. The zero-order chi connectivity index (χ0) is 11.0. The molecule has 0 radical (unpaired) electrons. The number of ether oxygens (including phenoxy) is 1. The Morgan fingerprint density at radius 1 is 1.31 bits per heavy atom. The predicted molar refractivity (Wildman–Crippen MR) is 64.9 cm³/mol. The van der Waals surface area contributed by atoms with E-state index < -0.39 is 0 Å². The summed E-state index contributed by atoms with van der Waals surface area (Å²) in [4.78, 5) is 0. The molecule has 16 heavy (non-hydrogen) atoms. The number of rotatable bonds is 2. The Kier molecular flexibility index (Phi) is 2.40. The fraction of sp³-hybridized carbons (Fsp3) is 0.571. The molecule has 2 aliphatic rings. The quantitative estimate of drug-likeness (QED) is 0.821. The van der Waals surface area contributed by atoms with E-state index in [9.17, 15) is 0 Å². The van der Waals surface area contributed by atoms with Gasteiger partial charge in [-0.1, -0.05) is 12.1 Å². The van der Waals surface area contributed by atoms with Crippen LogP contribution in [0.2, 0.25) is 0 Å². The van der Waals surface area contributed by atoms with E-state index in [0.717, 1.165) is 18.2 Å². The highest BCUT2D eigenvalue weighted by molar-refractivity contribution is 5.34. The minimum Gasteiger partial charge on any atom is -0.497 e. The maximum atomic E-state index is 5.22. The van der Waals surface area contributed by atoms with Crippen molar-refractivity contribution in [2.24, 2.45) is 5.92 Å². The van der Waals surface area contributed by atoms with Crippen molar-refractivity contribution in [2.75, 3.05) is 20.2 Å². The molecular weight excluding hydrogens is 198 g/mol. The minimum atomic E-state index is 0.412. The SMILES string of the molecule is COc1ccc(C23CCC(CNC2)C3)cc1. The summed E-state index contributed by atoms with van der Waals surface area (Å²) in [5, 5.41) is 3.58. The molecule has 0 amide bonds. The Hall–Kier alpha value is -1.02. The lowest BCUT2D eigenvalue weighted by Crippen LogP contribution is -2.42. The smallest absolute Gasteiger partial charge is 0.118 e. The number of hydrogen-bond donors (Lipinski definition) is 1. The molecule has 2 unspecified atom stereocenters. The fourth-order valence-corrected chi connectivity index (χ4v) is 3.40. The number of fused-ring (bicyclic) bond motifs is 2. The summed E-state index contributed by atoms with van der Waals surface area (Å²) in [6.45, 7) is 2.37. The molecule has 1 heterocycles. The molecule has 2 bridgehead atoms. The van der Waals surface area contributed by atoms with Crippen molar-refractivity contribution < 1.29 is 4.74 Å². The Bertz CT molecular complexity index is 369. The van der Waals surface area contributed by atoms with Crippen LogP contribution < -0.4 is 10.1 Å². The summed E-state index contributed by atoms with van der Waals surface area (Å²) in [6, 6.07) is 8.67. The van der Waals surface area contributed by atoms with Gasteiger partial charge in [0.2, 0.25) is 0 Å². The highest BCUT2D eigenvalue weighted by Gasteiger charge is 2.42. The van der Waals surface area contributed by atoms with Crippen LogP contribution >= 0.6 is 0 Å². The van der Waals surface area contributed by atoms with Gasteiger partial charge in [0.1, 0.15) is 5.75 Å². The Morgan fingerprint density at radius 3 is 2.88 bits per heavy atom. The first-order chi connectivity index (χ1) is 7.82. The average molecular weight is 217 g/mol. The number of methoxy groups -OCH3 is 1. The van der Waals surface area contributed by atoms with Crippen LogP contribution in [0.15, 0.2) is 24.3 Å². The first-order valence-electron chi connectivity index (χ1n) is 6.18. The topological polar surface area (TPSA) is 21.3 Å². The Morgan fingerprint density at radius 2 is 2.12 bits per heavy atom. The number of piperidine rings is 1. The maximum absolute atomic E-state index is 5.22. The predicted octanol–water partition coefficient (Wildman–Crippen LogP) is 2.34. The van der Waals surface area contributed by atoms with E-state index >= 15 is 0 Å². The standard InChI is InChI=1S/C14H19NO/c1-16-13-4-2-12(3-5-13)14-7-6-11(8-14)9-15-10-14/h2-5,11,15H,6-10H2,1H3. The second-order valence-corrected chi connectivity index (χ2v) is 5.25. The molecule has 3 rings (SSSR count). The lowest BCUT2D eigenvalue weighted by molar-refractivity contribution is 0.326. The van der Waals surface area contributed by atoms with E-state index in [2.05, 4.69) is 29.6 Å². The second kappa shape index (κ2) is 3.77. The molecule has 1 saturated heterocycles. The van der Waals surface area contributed by atoms with Gasteiger partial charge >= 0.3 is 0 Å². The third-order valence-corrected chi connectivity index (χ3v) is 4.31. The number of benzene rings is 1. The van der Waals surface area contributed by atoms with E-state index in [4.69, 9.17) is 4.74 Å². The molecule has 1 aliphatic carbocycles. The molecule has 2 fully saturated rings. The molecular formula is C14H19NO. The third-order valence-electron chi connectivity index (χ3n) is 4.31. The maximum Gasteiger partial charge on any atom is 0.118 e. The normalized spacial score (nSPS) is 32.7. The van der Waals surface area contributed by atoms with Crippen molar-refractivity contribution in [1.82, 2.24) is 5.32 Å². The lowest BCUT2D eigenvalue weighted by Gasteiger charge is -2.34. The van der Waals surface area contributed by atoms with Gasteiger partial charge in [-0.05, 0) is 49.4 Å². The van der Waals surface area contributed by atoms with Gasteiger partial charge in [0, 0.05) is 12.0 Å². The van der Waals surface area contributed by atoms with Gasteiger partial charge in [0.05, 0.1) is 7.11 Å². The molecule has 2 atom stereocenters. The summed E-state index contributed by atoms with van der Waals surface area (Å²) < 4.78 is 5.22. The lowest BCUT2D eigenvalue weighted by atomic mass is 9.76. The van der Waals surface area contributed by atoms with Crippen molar-refractivity contribution in [2.45, 2.75) is 24.7 Å². The van der Waals surface area contributed by atoms with E-state index in [-0.39, 0.29) is 0 Å². The summed E-state index contributed by atoms with van der Waals surface area (Å²) in [6.07, 6.45) is 4.10. The molecule has 0 spiro atoms. The second-order valence-electron chi connectivity index (χ2n) is 5.25. The molecule has 1 saturated carbocycles. The zero-order valence-electron chi connectivity index (χ0n) is 9.83. The van der Waals surface area contributed by atoms with Gasteiger partial charge in [0.25, 0.3) is 0 Å². The number of hydrogen-bond acceptors (Lipinski definition) is 2. The first kappa shape index (κ1) is 10.2. The molecule has 86 valence electrons. The van der Waals surface area contributed by atoms with Crippen LogP contribution in [0.5, 0.6) is 5.75 Å². The Balaban J connectivity index is 1.90. The van der Waals surface area contributed by atoms with E-state index in [1.165, 1.54) is 31.4 Å². The Labute approximate surface area is 97.0 Å².